The van der Waals surface area contributed by atoms with Crippen molar-refractivity contribution in [1.82, 2.24) is 10.2 Å². The third-order valence-corrected chi connectivity index (χ3v) is 4.07. The van der Waals surface area contributed by atoms with Crippen molar-refractivity contribution in [3.63, 3.8) is 0 Å². The van der Waals surface area contributed by atoms with Crippen molar-refractivity contribution in [2.24, 2.45) is 5.92 Å². The van der Waals surface area contributed by atoms with Crippen LogP contribution in [0.2, 0.25) is 0 Å². The Morgan fingerprint density at radius 2 is 2.05 bits per heavy atom. The number of ether oxygens (including phenoxy) is 1. The standard InChI is InChI=1S/C15H20N2O2/c1-19-14-5-3-2-4-11(14)12-10-13(12)15(18)17-8-6-16-7-9-17/h2-5,12-13,16H,6-10H2,1H3/t12-,13-/m0/s1. The van der Waals surface area contributed by atoms with Crippen LogP contribution in [0, 0.1) is 5.92 Å². The van der Waals surface area contributed by atoms with Crippen molar-refractivity contribution in [3.05, 3.63) is 29.8 Å². The predicted molar refractivity (Wildman–Crippen MR) is 73.3 cm³/mol. The van der Waals surface area contributed by atoms with E-state index in [9.17, 15) is 4.79 Å². The molecule has 1 aromatic carbocycles. The molecule has 2 atom stereocenters. The molecule has 1 aliphatic heterocycles. The molecule has 1 N–H and O–H groups in total. The fourth-order valence-electron chi connectivity index (χ4n) is 2.90. The lowest BCUT2D eigenvalue weighted by molar-refractivity contribution is -0.133. The first kappa shape index (κ1) is 12.5. The van der Waals surface area contributed by atoms with Crippen LogP contribution in [-0.4, -0.2) is 44.1 Å². The fourth-order valence-corrected chi connectivity index (χ4v) is 2.90. The summed E-state index contributed by atoms with van der Waals surface area (Å²) in [6.07, 6.45) is 0.961. The first-order valence-electron chi connectivity index (χ1n) is 6.93. The molecule has 1 heterocycles. The Bertz CT molecular complexity index is 469. The number of amides is 1. The summed E-state index contributed by atoms with van der Waals surface area (Å²) < 4.78 is 5.39. The SMILES string of the molecule is COc1ccccc1[C@@H]1C[C@@H]1C(=O)N1CCNCC1. The predicted octanol–water partition coefficient (Wildman–Crippen LogP) is 1.23. The van der Waals surface area contributed by atoms with Crippen LogP contribution in [0.4, 0.5) is 0 Å². The molecule has 1 amide bonds. The topological polar surface area (TPSA) is 41.6 Å². The van der Waals surface area contributed by atoms with Crippen LogP contribution in [0.15, 0.2) is 24.3 Å². The lowest BCUT2D eigenvalue weighted by Crippen LogP contribution is -2.47. The van der Waals surface area contributed by atoms with Crippen molar-refractivity contribution in [2.45, 2.75) is 12.3 Å². The van der Waals surface area contributed by atoms with Gasteiger partial charge in [0.05, 0.1) is 7.11 Å². The van der Waals surface area contributed by atoms with Crippen molar-refractivity contribution < 1.29 is 9.53 Å². The molecule has 1 saturated carbocycles. The molecule has 4 nitrogen and oxygen atoms in total. The van der Waals surface area contributed by atoms with Gasteiger partial charge in [-0.25, -0.2) is 0 Å². The molecule has 1 saturated heterocycles. The normalized spacial score (nSPS) is 26.1. The van der Waals surface area contributed by atoms with Crippen LogP contribution in [0.5, 0.6) is 5.75 Å². The summed E-state index contributed by atoms with van der Waals surface area (Å²) in [5.74, 6) is 1.73. The number of methoxy groups -OCH3 is 1. The molecule has 0 bridgehead atoms. The first-order valence-corrected chi connectivity index (χ1v) is 6.93. The highest BCUT2D eigenvalue weighted by atomic mass is 16.5. The number of carbonyl (C=O) groups is 1. The van der Waals surface area contributed by atoms with E-state index in [1.54, 1.807) is 7.11 Å². The van der Waals surface area contributed by atoms with E-state index < -0.39 is 0 Å². The van der Waals surface area contributed by atoms with Crippen LogP contribution in [0.1, 0.15) is 17.9 Å². The van der Waals surface area contributed by atoms with Crippen molar-refractivity contribution >= 4 is 5.91 Å². The second-order valence-electron chi connectivity index (χ2n) is 5.27. The van der Waals surface area contributed by atoms with Crippen LogP contribution in [0.3, 0.4) is 0 Å². The average Bonchev–Trinajstić information content (AvgIpc) is 3.27. The molecule has 0 aromatic heterocycles. The Hall–Kier alpha value is -1.55. The van der Waals surface area contributed by atoms with Gasteiger partial charge in [0.25, 0.3) is 0 Å². The molecule has 0 unspecified atom stereocenters. The summed E-state index contributed by atoms with van der Waals surface area (Å²) in [4.78, 5) is 14.4. The van der Waals surface area contributed by atoms with E-state index in [-0.39, 0.29) is 5.92 Å². The monoisotopic (exact) mass is 260 g/mol. The summed E-state index contributed by atoms with van der Waals surface area (Å²) in [5.41, 5.74) is 1.18. The summed E-state index contributed by atoms with van der Waals surface area (Å²) in [6, 6.07) is 8.04. The zero-order valence-electron chi connectivity index (χ0n) is 11.3. The summed E-state index contributed by atoms with van der Waals surface area (Å²) >= 11 is 0. The number of para-hydroxylation sites is 1. The summed E-state index contributed by atoms with van der Waals surface area (Å²) in [5, 5.41) is 3.28. The molecule has 19 heavy (non-hydrogen) atoms. The first-order chi connectivity index (χ1) is 9.31. The Kier molecular flexibility index (Phi) is 3.42. The Labute approximate surface area is 113 Å². The van der Waals surface area contributed by atoms with Gasteiger partial charge in [-0.15, -0.1) is 0 Å². The molecule has 4 heteroatoms. The number of piperazine rings is 1. The highest BCUT2D eigenvalue weighted by Crippen LogP contribution is 2.51. The largest absolute Gasteiger partial charge is 0.496 e. The maximum atomic E-state index is 12.4. The van der Waals surface area contributed by atoms with Gasteiger partial charge in [-0.2, -0.15) is 0 Å². The number of nitrogens with one attached hydrogen (secondary N) is 1. The van der Waals surface area contributed by atoms with E-state index in [0.717, 1.165) is 38.3 Å². The lowest BCUT2D eigenvalue weighted by Gasteiger charge is -2.27. The number of hydrogen-bond donors (Lipinski definition) is 1. The number of carbonyl (C=O) groups excluding carboxylic acids is 1. The Morgan fingerprint density at radius 3 is 2.79 bits per heavy atom. The van der Waals surface area contributed by atoms with Crippen molar-refractivity contribution in [3.8, 4) is 5.75 Å². The van der Waals surface area contributed by atoms with Crippen molar-refractivity contribution in [1.29, 1.82) is 0 Å². The third kappa shape index (κ3) is 2.45. The second-order valence-corrected chi connectivity index (χ2v) is 5.27. The van der Waals surface area contributed by atoms with Gasteiger partial charge in [-0.1, -0.05) is 18.2 Å². The highest BCUT2D eigenvalue weighted by Gasteiger charge is 2.46. The fraction of sp³-hybridized carbons (Fsp3) is 0.533. The minimum absolute atomic E-state index is 0.161. The second kappa shape index (κ2) is 5.21. The van der Waals surface area contributed by atoms with Crippen LogP contribution < -0.4 is 10.1 Å². The minimum atomic E-state index is 0.161. The molecule has 0 spiro atoms. The number of hydrogen-bond acceptors (Lipinski definition) is 3. The van der Waals surface area contributed by atoms with Gasteiger partial charge in [-0.05, 0) is 24.0 Å². The number of benzene rings is 1. The van der Waals surface area contributed by atoms with E-state index in [1.807, 2.05) is 23.1 Å². The van der Waals surface area contributed by atoms with Crippen LogP contribution in [0.25, 0.3) is 0 Å². The Morgan fingerprint density at radius 1 is 1.32 bits per heavy atom. The van der Waals surface area contributed by atoms with E-state index in [1.165, 1.54) is 5.56 Å². The van der Waals surface area contributed by atoms with Gasteiger partial charge in [0.2, 0.25) is 5.91 Å². The third-order valence-electron chi connectivity index (χ3n) is 4.07. The smallest absolute Gasteiger partial charge is 0.226 e. The van der Waals surface area contributed by atoms with Gasteiger partial charge in [0.15, 0.2) is 0 Å². The molecule has 0 radical (unpaired) electrons. The van der Waals surface area contributed by atoms with Crippen LogP contribution >= 0.6 is 0 Å². The zero-order chi connectivity index (χ0) is 13.2. The van der Waals surface area contributed by atoms with Gasteiger partial charge in [0, 0.05) is 32.1 Å². The minimum Gasteiger partial charge on any atom is -0.496 e. The lowest BCUT2D eigenvalue weighted by atomic mass is 10.1. The maximum Gasteiger partial charge on any atom is 0.226 e. The molecular weight excluding hydrogens is 240 g/mol. The van der Waals surface area contributed by atoms with Crippen molar-refractivity contribution in [2.75, 3.05) is 33.3 Å². The van der Waals surface area contributed by atoms with E-state index in [0.29, 0.717) is 11.8 Å². The molecule has 3 rings (SSSR count). The Balaban J connectivity index is 1.68. The highest BCUT2D eigenvalue weighted by molar-refractivity contribution is 5.83. The molecule has 2 aliphatic rings. The summed E-state index contributed by atoms with van der Waals surface area (Å²) in [7, 11) is 1.69. The van der Waals surface area contributed by atoms with E-state index >= 15 is 0 Å². The molecule has 102 valence electrons. The maximum absolute atomic E-state index is 12.4. The van der Waals surface area contributed by atoms with Gasteiger partial charge < -0.3 is 15.0 Å². The molecular formula is C15H20N2O2. The average molecular weight is 260 g/mol. The zero-order valence-corrected chi connectivity index (χ0v) is 11.3. The van der Waals surface area contributed by atoms with Crippen LogP contribution in [-0.2, 0) is 4.79 Å². The van der Waals surface area contributed by atoms with Gasteiger partial charge >= 0.3 is 0 Å². The van der Waals surface area contributed by atoms with Gasteiger partial charge in [-0.3, -0.25) is 4.79 Å². The molecule has 1 aromatic rings. The van der Waals surface area contributed by atoms with Gasteiger partial charge in [0.1, 0.15) is 5.75 Å². The van der Waals surface area contributed by atoms with E-state index in [4.69, 9.17) is 4.74 Å². The molecule has 1 aliphatic carbocycles. The number of nitrogens with zero attached hydrogens (tertiary/aromatic N) is 1. The quantitative estimate of drug-likeness (QED) is 0.889. The number of rotatable bonds is 3. The van der Waals surface area contributed by atoms with E-state index in [2.05, 4.69) is 11.4 Å². The summed E-state index contributed by atoms with van der Waals surface area (Å²) in [6.45, 7) is 3.51. The molecule has 2 fully saturated rings.